The van der Waals surface area contributed by atoms with E-state index in [4.69, 9.17) is 12.2 Å². The average molecular weight is 342 g/mol. The van der Waals surface area contributed by atoms with Crippen molar-refractivity contribution in [3.63, 3.8) is 0 Å². The normalized spacial score (nSPS) is 17.7. The zero-order valence-corrected chi connectivity index (χ0v) is 14.5. The van der Waals surface area contributed by atoms with E-state index in [0.717, 1.165) is 23.6 Å². The van der Waals surface area contributed by atoms with Gasteiger partial charge in [-0.2, -0.15) is 0 Å². The van der Waals surface area contributed by atoms with Crippen molar-refractivity contribution in [3.05, 3.63) is 71.8 Å². The van der Waals surface area contributed by atoms with Crippen LogP contribution >= 0.6 is 24.0 Å². The predicted molar refractivity (Wildman–Crippen MR) is 101 cm³/mol. The summed E-state index contributed by atoms with van der Waals surface area (Å²) in [7, 11) is 0. The lowest BCUT2D eigenvalue weighted by Crippen LogP contribution is -2.33. The Bertz CT molecular complexity index is 672. The summed E-state index contributed by atoms with van der Waals surface area (Å²) in [6.45, 7) is 0.677. The van der Waals surface area contributed by atoms with Gasteiger partial charge in [0.2, 0.25) is 5.91 Å². The van der Waals surface area contributed by atoms with E-state index in [1.165, 1.54) is 11.1 Å². The Morgan fingerprint density at radius 1 is 0.913 bits per heavy atom. The van der Waals surface area contributed by atoms with E-state index in [0.29, 0.717) is 6.54 Å². The molecule has 0 bridgehead atoms. The van der Waals surface area contributed by atoms with Crippen molar-refractivity contribution < 1.29 is 4.79 Å². The van der Waals surface area contributed by atoms with Crippen LogP contribution in [0, 0.1) is 0 Å². The second-order valence-corrected chi connectivity index (χ2v) is 7.46. The van der Waals surface area contributed by atoms with Gasteiger partial charge in [-0.05, 0) is 30.4 Å². The minimum absolute atomic E-state index is 0.0292. The molecule has 0 N–H and O–H groups in total. The summed E-state index contributed by atoms with van der Waals surface area (Å²) in [5.74, 6) is 0.173. The fourth-order valence-electron chi connectivity index (χ4n) is 2.71. The van der Waals surface area contributed by atoms with Gasteiger partial charge >= 0.3 is 0 Å². The van der Waals surface area contributed by atoms with Crippen LogP contribution in [0.4, 0.5) is 0 Å². The molecule has 2 nitrogen and oxygen atoms in total. The Labute approximate surface area is 146 Å². The molecule has 0 radical (unpaired) electrons. The van der Waals surface area contributed by atoms with Crippen molar-refractivity contribution in [2.24, 2.45) is 0 Å². The van der Waals surface area contributed by atoms with Crippen LogP contribution in [0.2, 0.25) is 0 Å². The molecular weight excluding hydrogens is 322 g/mol. The summed E-state index contributed by atoms with van der Waals surface area (Å²) < 4.78 is 0.726. The van der Waals surface area contributed by atoms with Crippen molar-refractivity contribution in [1.82, 2.24) is 4.90 Å². The Morgan fingerprint density at radius 3 is 2.09 bits per heavy atom. The van der Waals surface area contributed by atoms with E-state index < -0.39 is 0 Å². The third kappa shape index (κ3) is 4.21. The summed E-state index contributed by atoms with van der Waals surface area (Å²) in [5, 5.41) is -0.0292. The van der Waals surface area contributed by atoms with Crippen LogP contribution in [0.5, 0.6) is 0 Å². The van der Waals surface area contributed by atoms with Crippen LogP contribution < -0.4 is 0 Å². The molecule has 1 aliphatic heterocycles. The maximum Gasteiger partial charge on any atom is 0.241 e. The summed E-state index contributed by atoms with van der Waals surface area (Å²) in [6, 6.07) is 20.5. The first kappa shape index (κ1) is 16.2. The van der Waals surface area contributed by atoms with Gasteiger partial charge in [-0.1, -0.05) is 84.6 Å². The molecule has 0 aliphatic carbocycles. The van der Waals surface area contributed by atoms with Crippen molar-refractivity contribution in [2.75, 3.05) is 6.54 Å². The minimum atomic E-state index is -0.0292. The zero-order chi connectivity index (χ0) is 16.1. The highest BCUT2D eigenvalue weighted by Gasteiger charge is 2.35. The lowest BCUT2D eigenvalue weighted by Gasteiger charge is -2.15. The fraction of sp³-hybridized carbons (Fsp3) is 0.263. The lowest BCUT2D eigenvalue weighted by molar-refractivity contribution is -0.126. The van der Waals surface area contributed by atoms with E-state index in [9.17, 15) is 4.79 Å². The van der Waals surface area contributed by atoms with Crippen molar-refractivity contribution in [2.45, 2.75) is 24.5 Å². The molecule has 118 valence electrons. The van der Waals surface area contributed by atoms with Gasteiger partial charge in [-0.15, -0.1) is 0 Å². The Balaban J connectivity index is 1.54. The number of carbonyl (C=O) groups is 1. The maximum atomic E-state index is 12.6. The molecule has 23 heavy (non-hydrogen) atoms. The van der Waals surface area contributed by atoms with E-state index in [1.807, 2.05) is 36.4 Å². The number of hydrogen-bond acceptors (Lipinski definition) is 3. The summed E-state index contributed by atoms with van der Waals surface area (Å²) >= 11 is 6.95. The molecule has 0 spiro atoms. The van der Waals surface area contributed by atoms with Gasteiger partial charge in [0.05, 0.1) is 5.25 Å². The van der Waals surface area contributed by atoms with Crippen LogP contribution in [-0.2, 0) is 17.6 Å². The van der Waals surface area contributed by atoms with Crippen LogP contribution in [0.3, 0.4) is 0 Å². The number of thiocarbonyl (C=S) groups is 1. The second kappa shape index (κ2) is 7.75. The van der Waals surface area contributed by atoms with Gasteiger partial charge in [-0.25, -0.2) is 0 Å². The van der Waals surface area contributed by atoms with E-state index in [1.54, 1.807) is 16.7 Å². The molecule has 3 rings (SSSR count). The number of benzene rings is 2. The van der Waals surface area contributed by atoms with Gasteiger partial charge in [0.1, 0.15) is 4.32 Å². The number of rotatable bonds is 6. The molecule has 1 aliphatic rings. The minimum Gasteiger partial charge on any atom is -0.296 e. The highest BCUT2D eigenvalue weighted by molar-refractivity contribution is 8.24. The molecular formula is C19H19NOS2. The van der Waals surface area contributed by atoms with E-state index >= 15 is 0 Å². The molecule has 1 saturated heterocycles. The van der Waals surface area contributed by atoms with Crippen LogP contribution in [0.25, 0.3) is 0 Å². The van der Waals surface area contributed by atoms with Gasteiger partial charge in [0.15, 0.2) is 0 Å². The second-order valence-electron chi connectivity index (χ2n) is 5.62. The van der Waals surface area contributed by atoms with Gasteiger partial charge < -0.3 is 0 Å². The SMILES string of the molecule is O=C1C(CCc2ccccc2)SC(=S)N1CCc1ccccc1. The largest absolute Gasteiger partial charge is 0.296 e. The molecule has 2 aromatic carbocycles. The van der Waals surface area contributed by atoms with Crippen molar-refractivity contribution >= 4 is 34.2 Å². The lowest BCUT2D eigenvalue weighted by atomic mass is 10.1. The Hall–Kier alpha value is -1.65. The molecule has 1 atom stereocenters. The highest BCUT2D eigenvalue weighted by Crippen LogP contribution is 2.30. The number of amides is 1. The summed E-state index contributed by atoms with van der Waals surface area (Å²) in [6.07, 6.45) is 2.60. The molecule has 1 amide bonds. The van der Waals surface area contributed by atoms with Gasteiger partial charge in [0, 0.05) is 6.54 Å². The maximum absolute atomic E-state index is 12.6. The fourth-order valence-corrected chi connectivity index (χ4v) is 4.26. The zero-order valence-electron chi connectivity index (χ0n) is 12.9. The van der Waals surface area contributed by atoms with E-state index in [-0.39, 0.29) is 11.2 Å². The predicted octanol–water partition coefficient (Wildman–Crippen LogP) is 4.09. The standard InChI is InChI=1S/C19H19NOS2/c21-18-17(12-11-15-7-3-1-4-8-15)23-19(22)20(18)14-13-16-9-5-2-6-10-16/h1-10,17H,11-14H2. The molecule has 0 saturated carbocycles. The molecule has 1 unspecified atom stereocenters. The molecule has 1 fully saturated rings. The Kier molecular flexibility index (Phi) is 5.47. The quantitative estimate of drug-likeness (QED) is 0.738. The number of hydrogen-bond donors (Lipinski definition) is 0. The van der Waals surface area contributed by atoms with Crippen LogP contribution in [0.1, 0.15) is 17.5 Å². The molecule has 1 heterocycles. The molecule has 2 aromatic rings. The van der Waals surface area contributed by atoms with Gasteiger partial charge in [-0.3, -0.25) is 9.69 Å². The highest BCUT2D eigenvalue weighted by atomic mass is 32.2. The number of carbonyl (C=O) groups excluding carboxylic acids is 1. The third-order valence-corrected chi connectivity index (χ3v) is 5.66. The van der Waals surface area contributed by atoms with Crippen LogP contribution in [-0.4, -0.2) is 26.9 Å². The molecule has 4 heteroatoms. The Morgan fingerprint density at radius 2 is 1.48 bits per heavy atom. The third-order valence-electron chi connectivity index (χ3n) is 4.01. The first-order valence-corrected chi connectivity index (χ1v) is 9.12. The van der Waals surface area contributed by atoms with Crippen molar-refractivity contribution in [3.8, 4) is 0 Å². The monoisotopic (exact) mass is 341 g/mol. The molecule has 0 aromatic heterocycles. The van der Waals surface area contributed by atoms with Gasteiger partial charge in [0.25, 0.3) is 0 Å². The summed E-state index contributed by atoms with van der Waals surface area (Å²) in [5.41, 5.74) is 2.51. The number of aryl methyl sites for hydroxylation is 1. The first-order chi connectivity index (χ1) is 11.2. The van der Waals surface area contributed by atoms with E-state index in [2.05, 4.69) is 24.3 Å². The average Bonchev–Trinajstić information content (AvgIpc) is 2.87. The topological polar surface area (TPSA) is 20.3 Å². The number of nitrogens with zero attached hydrogens (tertiary/aromatic N) is 1. The smallest absolute Gasteiger partial charge is 0.241 e. The number of thioether (sulfide) groups is 1. The van der Waals surface area contributed by atoms with Crippen LogP contribution in [0.15, 0.2) is 60.7 Å². The van der Waals surface area contributed by atoms with Crippen molar-refractivity contribution in [1.29, 1.82) is 0 Å². The first-order valence-electron chi connectivity index (χ1n) is 7.84. The summed E-state index contributed by atoms with van der Waals surface area (Å²) in [4.78, 5) is 14.4.